The van der Waals surface area contributed by atoms with Gasteiger partial charge in [0.05, 0.1) is 5.54 Å². The van der Waals surface area contributed by atoms with Gasteiger partial charge in [0.1, 0.15) is 17.4 Å². The molecular weight excluding hydrogens is 304 g/mol. The lowest BCUT2D eigenvalue weighted by Crippen LogP contribution is -2.67. The topological polar surface area (TPSA) is 62.1 Å². The Hall–Kier alpha value is -1.72. The SMILES string of the molecule is CCC1(C)C/C(=N/O)C(=O)C(C)(CC)N1OC(C)c1ccccc1. The molecule has 5 nitrogen and oxygen atoms in total. The van der Waals surface area contributed by atoms with Crippen LogP contribution in [0.4, 0.5) is 0 Å². The van der Waals surface area contributed by atoms with Gasteiger partial charge in [0.2, 0.25) is 5.78 Å². The molecule has 1 fully saturated rings. The number of piperidine rings is 1. The first-order valence-corrected chi connectivity index (χ1v) is 8.60. The van der Waals surface area contributed by atoms with E-state index in [0.717, 1.165) is 12.0 Å². The zero-order chi connectivity index (χ0) is 18.0. The molecule has 0 saturated carbocycles. The van der Waals surface area contributed by atoms with E-state index in [1.54, 1.807) is 0 Å². The Labute approximate surface area is 144 Å². The molecule has 1 saturated heterocycles. The summed E-state index contributed by atoms with van der Waals surface area (Å²) in [6, 6.07) is 9.96. The molecule has 1 aliphatic heterocycles. The molecule has 1 aromatic carbocycles. The lowest BCUT2D eigenvalue weighted by Gasteiger charge is -2.53. The zero-order valence-electron chi connectivity index (χ0n) is 15.2. The Bertz CT molecular complexity index is 616. The molecule has 0 aliphatic carbocycles. The van der Waals surface area contributed by atoms with Gasteiger partial charge in [-0.05, 0) is 39.2 Å². The number of carbonyl (C=O) groups excluding carboxylic acids is 1. The molecule has 1 aromatic rings. The second-order valence-corrected chi connectivity index (χ2v) is 6.98. The smallest absolute Gasteiger partial charge is 0.202 e. The lowest BCUT2D eigenvalue weighted by atomic mass is 9.75. The van der Waals surface area contributed by atoms with E-state index in [-0.39, 0.29) is 17.6 Å². The van der Waals surface area contributed by atoms with Crippen molar-refractivity contribution in [3.05, 3.63) is 35.9 Å². The molecule has 0 radical (unpaired) electrons. The highest BCUT2D eigenvalue weighted by Crippen LogP contribution is 2.41. The average molecular weight is 332 g/mol. The molecule has 0 spiro atoms. The Kier molecular flexibility index (Phi) is 5.45. The first-order valence-electron chi connectivity index (χ1n) is 8.60. The van der Waals surface area contributed by atoms with Crippen LogP contribution in [0.3, 0.4) is 0 Å². The van der Waals surface area contributed by atoms with Crippen LogP contribution in [0.1, 0.15) is 65.5 Å². The number of ketones is 1. The van der Waals surface area contributed by atoms with Crippen LogP contribution in [0.15, 0.2) is 35.5 Å². The average Bonchev–Trinajstić information content (AvgIpc) is 2.62. The van der Waals surface area contributed by atoms with Gasteiger partial charge in [0.25, 0.3) is 0 Å². The summed E-state index contributed by atoms with van der Waals surface area (Å²) in [7, 11) is 0. The van der Waals surface area contributed by atoms with E-state index in [1.165, 1.54) is 0 Å². The Morgan fingerprint density at radius 3 is 2.38 bits per heavy atom. The van der Waals surface area contributed by atoms with Crippen LogP contribution >= 0.6 is 0 Å². The minimum Gasteiger partial charge on any atom is -0.411 e. The number of hydrogen-bond acceptors (Lipinski definition) is 5. The molecule has 1 N–H and O–H groups in total. The third kappa shape index (κ3) is 3.10. The molecule has 0 amide bonds. The molecule has 5 heteroatoms. The second kappa shape index (κ2) is 7.03. The molecule has 1 aliphatic rings. The van der Waals surface area contributed by atoms with Crippen LogP contribution in [0.5, 0.6) is 0 Å². The van der Waals surface area contributed by atoms with Gasteiger partial charge >= 0.3 is 0 Å². The first-order chi connectivity index (χ1) is 11.3. The fourth-order valence-electron chi connectivity index (χ4n) is 3.35. The highest BCUT2D eigenvalue weighted by atomic mass is 16.7. The van der Waals surface area contributed by atoms with Gasteiger partial charge in [-0.25, -0.2) is 0 Å². The van der Waals surface area contributed by atoms with Crippen molar-refractivity contribution >= 4 is 11.5 Å². The molecule has 24 heavy (non-hydrogen) atoms. The zero-order valence-corrected chi connectivity index (χ0v) is 15.2. The first kappa shape index (κ1) is 18.6. The second-order valence-electron chi connectivity index (χ2n) is 6.98. The molecule has 1 heterocycles. The Balaban J connectivity index is 2.41. The predicted molar refractivity (Wildman–Crippen MR) is 94.0 cm³/mol. The van der Waals surface area contributed by atoms with Crippen molar-refractivity contribution in [2.75, 3.05) is 0 Å². The normalized spacial score (nSPS) is 31.4. The summed E-state index contributed by atoms with van der Waals surface area (Å²) in [6.45, 7) is 9.92. The summed E-state index contributed by atoms with van der Waals surface area (Å²) in [6.07, 6.45) is 1.54. The van der Waals surface area contributed by atoms with Crippen LogP contribution in [0.25, 0.3) is 0 Å². The number of nitrogens with zero attached hydrogens (tertiary/aromatic N) is 2. The highest BCUT2D eigenvalue weighted by molar-refractivity contribution is 6.43. The fraction of sp³-hybridized carbons (Fsp3) is 0.579. The van der Waals surface area contributed by atoms with Crippen molar-refractivity contribution < 1.29 is 14.8 Å². The number of hydroxylamine groups is 2. The lowest BCUT2D eigenvalue weighted by molar-refractivity contribution is -0.293. The largest absolute Gasteiger partial charge is 0.411 e. The van der Waals surface area contributed by atoms with E-state index in [4.69, 9.17) is 4.84 Å². The molecule has 0 bridgehead atoms. The van der Waals surface area contributed by atoms with Crippen molar-refractivity contribution in [3.8, 4) is 0 Å². The number of Topliss-reactive ketones (excluding diaryl/α,β-unsaturated/α-hetero) is 1. The summed E-state index contributed by atoms with van der Waals surface area (Å²) in [5, 5.41) is 14.4. The Morgan fingerprint density at radius 1 is 1.25 bits per heavy atom. The van der Waals surface area contributed by atoms with Crippen LogP contribution in [0, 0.1) is 0 Å². The van der Waals surface area contributed by atoms with Gasteiger partial charge in [-0.3, -0.25) is 9.63 Å². The van der Waals surface area contributed by atoms with E-state index in [2.05, 4.69) is 19.0 Å². The number of oxime groups is 1. The van der Waals surface area contributed by atoms with Crippen LogP contribution in [-0.4, -0.2) is 32.8 Å². The van der Waals surface area contributed by atoms with Gasteiger partial charge < -0.3 is 5.21 Å². The molecular formula is C19H28N2O3. The van der Waals surface area contributed by atoms with E-state index >= 15 is 0 Å². The van der Waals surface area contributed by atoms with Gasteiger partial charge in [-0.15, -0.1) is 0 Å². The van der Waals surface area contributed by atoms with Crippen LogP contribution in [-0.2, 0) is 9.63 Å². The van der Waals surface area contributed by atoms with Crippen LogP contribution < -0.4 is 0 Å². The molecule has 0 aromatic heterocycles. The number of hydrogen-bond donors (Lipinski definition) is 1. The maximum Gasteiger partial charge on any atom is 0.202 e. The summed E-state index contributed by atoms with van der Waals surface area (Å²) >= 11 is 0. The van der Waals surface area contributed by atoms with E-state index < -0.39 is 11.1 Å². The van der Waals surface area contributed by atoms with Crippen molar-refractivity contribution in [2.24, 2.45) is 5.16 Å². The molecule has 132 valence electrons. The summed E-state index contributed by atoms with van der Waals surface area (Å²) in [5.74, 6) is -0.168. The van der Waals surface area contributed by atoms with Crippen LogP contribution in [0.2, 0.25) is 0 Å². The minimum atomic E-state index is -0.854. The highest BCUT2D eigenvalue weighted by Gasteiger charge is 2.54. The van der Waals surface area contributed by atoms with E-state index in [0.29, 0.717) is 12.8 Å². The number of carbonyl (C=O) groups is 1. The minimum absolute atomic E-state index is 0.168. The van der Waals surface area contributed by atoms with Crippen molar-refractivity contribution in [2.45, 2.75) is 71.1 Å². The summed E-state index contributed by atoms with van der Waals surface area (Å²) < 4.78 is 0. The van der Waals surface area contributed by atoms with Gasteiger partial charge in [-0.2, -0.15) is 5.06 Å². The van der Waals surface area contributed by atoms with E-state index in [1.807, 2.05) is 56.2 Å². The third-order valence-electron chi connectivity index (χ3n) is 5.34. The molecule has 3 unspecified atom stereocenters. The van der Waals surface area contributed by atoms with Gasteiger partial charge in [-0.1, -0.05) is 49.3 Å². The summed E-state index contributed by atoms with van der Waals surface area (Å²) in [4.78, 5) is 19.2. The molecule has 2 rings (SSSR count). The molecule has 3 atom stereocenters. The van der Waals surface area contributed by atoms with Crippen molar-refractivity contribution in [1.29, 1.82) is 0 Å². The summed E-state index contributed by atoms with van der Waals surface area (Å²) in [5.41, 5.74) is 0.0241. The van der Waals surface area contributed by atoms with Gasteiger partial charge in [0, 0.05) is 6.42 Å². The maximum atomic E-state index is 12.8. The van der Waals surface area contributed by atoms with Crippen molar-refractivity contribution in [1.82, 2.24) is 5.06 Å². The van der Waals surface area contributed by atoms with E-state index in [9.17, 15) is 10.0 Å². The van der Waals surface area contributed by atoms with Gasteiger partial charge in [0.15, 0.2) is 0 Å². The number of benzene rings is 1. The fourth-order valence-corrected chi connectivity index (χ4v) is 3.35. The Morgan fingerprint density at radius 2 is 1.88 bits per heavy atom. The monoisotopic (exact) mass is 332 g/mol. The quantitative estimate of drug-likeness (QED) is 0.651. The number of rotatable bonds is 5. The standard InChI is InChI=1S/C19H28N2O3/c1-6-18(4)13-16(20-23)17(22)19(5,7-2)21(18)24-14(3)15-11-9-8-10-12-15/h8-12,14,23H,6-7,13H2,1-5H3/b20-16-. The third-order valence-corrected chi connectivity index (χ3v) is 5.34. The predicted octanol–water partition coefficient (Wildman–Crippen LogP) is 4.12. The van der Waals surface area contributed by atoms with Crippen molar-refractivity contribution in [3.63, 3.8) is 0 Å². The maximum absolute atomic E-state index is 12.8.